The molecule has 0 atom stereocenters. The van der Waals surface area contributed by atoms with Gasteiger partial charge in [0.05, 0.1) is 11.3 Å². The molecule has 0 spiro atoms. The van der Waals surface area contributed by atoms with Gasteiger partial charge < -0.3 is 11.1 Å². The highest BCUT2D eigenvalue weighted by atomic mass is 15.0. The molecular formula is C11H16N4. The van der Waals surface area contributed by atoms with Crippen LogP contribution in [0.3, 0.4) is 0 Å². The quantitative estimate of drug-likeness (QED) is 0.786. The Bertz CT molecular complexity index is 365. The first kappa shape index (κ1) is 11.3. The fourth-order valence-corrected chi connectivity index (χ4v) is 1.17. The van der Waals surface area contributed by atoms with Crippen LogP contribution in [0, 0.1) is 17.2 Å². The van der Waals surface area contributed by atoms with Crippen LogP contribution in [0.25, 0.3) is 0 Å². The number of nitrogen functional groups attached to an aromatic ring is 1. The number of nitrogens with two attached hydrogens (primary N) is 1. The summed E-state index contributed by atoms with van der Waals surface area (Å²) in [5.41, 5.74) is 6.75. The standard InChI is InChI=1S/C11H16N4/c1-8(2)3-4-14-11-10(13)5-9(6-12)7-15-11/h5,7-8H,3-4,13H2,1-2H3,(H,14,15). The molecule has 0 aliphatic heterocycles. The Hall–Kier alpha value is -1.76. The Labute approximate surface area is 90.1 Å². The summed E-state index contributed by atoms with van der Waals surface area (Å²) in [6, 6.07) is 3.63. The highest BCUT2D eigenvalue weighted by Crippen LogP contribution is 2.16. The topological polar surface area (TPSA) is 74.7 Å². The van der Waals surface area contributed by atoms with Crippen LogP contribution in [-0.4, -0.2) is 11.5 Å². The van der Waals surface area contributed by atoms with E-state index in [1.807, 2.05) is 6.07 Å². The molecule has 0 radical (unpaired) electrons. The molecular weight excluding hydrogens is 188 g/mol. The molecule has 0 saturated carbocycles. The van der Waals surface area contributed by atoms with E-state index in [0.29, 0.717) is 23.0 Å². The van der Waals surface area contributed by atoms with Gasteiger partial charge in [0.1, 0.15) is 11.9 Å². The van der Waals surface area contributed by atoms with Gasteiger partial charge in [0.15, 0.2) is 0 Å². The first-order valence-electron chi connectivity index (χ1n) is 5.03. The van der Waals surface area contributed by atoms with Crippen molar-refractivity contribution in [2.24, 2.45) is 5.92 Å². The van der Waals surface area contributed by atoms with Crippen molar-refractivity contribution in [3.63, 3.8) is 0 Å². The van der Waals surface area contributed by atoms with Gasteiger partial charge in [-0.15, -0.1) is 0 Å². The molecule has 15 heavy (non-hydrogen) atoms. The Kier molecular flexibility index (Phi) is 3.92. The normalized spacial score (nSPS) is 10.0. The molecule has 4 nitrogen and oxygen atoms in total. The van der Waals surface area contributed by atoms with Crippen LogP contribution in [0.2, 0.25) is 0 Å². The summed E-state index contributed by atoms with van der Waals surface area (Å²) in [4.78, 5) is 4.09. The monoisotopic (exact) mass is 204 g/mol. The predicted octanol–water partition coefficient (Wildman–Crippen LogP) is 1.99. The summed E-state index contributed by atoms with van der Waals surface area (Å²) in [6.45, 7) is 5.18. The van der Waals surface area contributed by atoms with Crippen molar-refractivity contribution in [2.45, 2.75) is 20.3 Å². The smallest absolute Gasteiger partial charge is 0.149 e. The van der Waals surface area contributed by atoms with Crippen LogP contribution >= 0.6 is 0 Å². The van der Waals surface area contributed by atoms with E-state index in [0.717, 1.165) is 13.0 Å². The average Bonchev–Trinajstić information content (AvgIpc) is 2.20. The fraction of sp³-hybridized carbons (Fsp3) is 0.455. The molecule has 0 fully saturated rings. The van der Waals surface area contributed by atoms with Crippen molar-refractivity contribution in [2.75, 3.05) is 17.6 Å². The highest BCUT2D eigenvalue weighted by molar-refractivity contribution is 5.62. The van der Waals surface area contributed by atoms with E-state index in [4.69, 9.17) is 11.0 Å². The lowest BCUT2D eigenvalue weighted by Gasteiger charge is -2.09. The van der Waals surface area contributed by atoms with Crippen LogP contribution in [-0.2, 0) is 0 Å². The minimum absolute atomic E-state index is 0.488. The molecule has 1 heterocycles. The maximum atomic E-state index is 8.64. The van der Waals surface area contributed by atoms with E-state index < -0.39 is 0 Å². The molecule has 0 aromatic carbocycles. The number of nitriles is 1. The molecule has 0 aliphatic rings. The third kappa shape index (κ3) is 3.47. The number of hydrogen-bond donors (Lipinski definition) is 2. The van der Waals surface area contributed by atoms with Crippen LogP contribution in [0.1, 0.15) is 25.8 Å². The number of aromatic nitrogens is 1. The Morgan fingerprint density at radius 1 is 1.60 bits per heavy atom. The maximum Gasteiger partial charge on any atom is 0.149 e. The van der Waals surface area contributed by atoms with E-state index >= 15 is 0 Å². The SMILES string of the molecule is CC(C)CCNc1ncc(C#N)cc1N. The summed E-state index contributed by atoms with van der Waals surface area (Å²) in [5.74, 6) is 1.31. The van der Waals surface area contributed by atoms with Crippen LogP contribution in [0.4, 0.5) is 11.5 Å². The van der Waals surface area contributed by atoms with Gasteiger partial charge in [0, 0.05) is 12.7 Å². The predicted molar refractivity (Wildman–Crippen MR) is 61.3 cm³/mol. The lowest BCUT2D eigenvalue weighted by atomic mass is 10.1. The number of anilines is 2. The van der Waals surface area contributed by atoms with Crippen molar-refractivity contribution in [3.8, 4) is 6.07 Å². The second-order valence-corrected chi connectivity index (χ2v) is 3.88. The first-order chi connectivity index (χ1) is 7.13. The van der Waals surface area contributed by atoms with E-state index in [1.54, 1.807) is 6.07 Å². The molecule has 0 aliphatic carbocycles. The minimum atomic E-state index is 0.488. The largest absolute Gasteiger partial charge is 0.396 e. The van der Waals surface area contributed by atoms with Crippen LogP contribution in [0.15, 0.2) is 12.3 Å². The van der Waals surface area contributed by atoms with Gasteiger partial charge in [0.2, 0.25) is 0 Å². The van der Waals surface area contributed by atoms with Crippen molar-refractivity contribution in [3.05, 3.63) is 17.8 Å². The van der Waals surface area contributed by atoms with Gasteiger partial charge in [-0.2, -0.15) is 5.26 Å². The summed E-state index contributed by atoms with van der Waals surface area (Å²) in [5, 5.41) is 11.8. The van der Waals surface area contributed by atoms with E-state index in [2.05, 4.69) is 24.1 Å². The Morgan fingerprint density at radius 3 is 2.87 bits per heavy atom. The lowest BCUT2D eigenvalue weighted by molar-refractivity contribution is 0.607. The van der Waals surface area contributed by atoms with Gasteiger partial charge in [-0.25, -0.2) is 4.98 Å². The molecule has 0 unspecified atom stereocenters. The zero-order valence-corrected chi connectivity index (χ0v) is 9.12. The van der Waals surface area contributed by atoms with Crippen molar-refractivity contribution in [1.82, 2.24) is 4.98 Å². The lowest BCUT2D eigenvalue weighted by Crippen LogP contribution is -2.08. The van der Waals surface area contributed by atoms with E-state index in [1.165, 1.54) is 6.20 Å². The molecule has 1 aromatic rings. The summed E-state index contributed by atoms with van der Waals surface area (Å²) < 4.78 is 0. The molecule has 1 rings (SSSR count). The molecule has 0 saturated heterocycles. The van der Waals surface area contributed by atoms with Gasteiger partial charge in [0.25, 0.3) is 0 Å². The number of nitrogens with zero attached hydrogens (tertiary/aromatic N) is 2. The second kappa shape index (κ2) is 5.20. The minimum Gasteiger partial charge on any atom is -0.396 e. The number of hydrogen-bond acceptors (Lipinski definition) is 4. The van der Waals surface area contributed by atoms with Crippen LogP contribution < -0.4 is 11.1 Å². The summed E-state index contributed by atoms with van der Waals surface area (Å²) >= 11 is 0. The fourth-order valence-electron chi connectivity index (χ4n) is 1.17. The highest BCUT2D eigenvalue weighted by Gasteiger charge is 2.02. The first-order valence-corrected chi connectivity index (χ1v) is 5.03. The average molecular weight is 204 g/mol. The number of nitrogens with one attached hydrogen (secondary N) is 1. The third-order valence-electron chi connectivity index (χ3n) is 2.06. The third-order valence-corrected chi connectivity index (χ3v) is 2.06. The number of rotatable bonds is 4. The molecule has 4 heteroatoms. The molecule has 1 aromatic heterocycles. The molecule has 0 amide bonds. The molecule has 3 N–H and O–H groups in total. The van der Waals surface area contributed by atoms with Gasteiger partial charge in [-0.1, -0.05) is 13.8 Å². The summed E-state index contributed by atoms with van der Waals surface area (Å²) in [6.07, 6.45) is 2.59. The molecule has 80 valence electrons. The summed E-state index contributed by atoms with van der Waals surface area (Å²) in [7, 11) is 0. The maximum absolute atomic E-state index is 8.64. The van der Waals surface area contributed by atoms with E-state index in [-0.39, 0.29) is 0 Å². The van der Waals surface area contributed by atoms with Gasteiger partial charge in [-0.3, -0.25) is 0 Å². The zero-order valence-electron chi connectivity index (χ0n) is 9.12. The second-order valence-electron chi connectivity index (χ2n) is 3.88. The van der Waals surface area contributed by atoms with Gasteiger partial charge >= 0.3 is 0 Å². The van der Waals surface area contributed by atoms with Crippen molar-refractivity contribution in [1.29, 1.82) is 5.26 Å². The zero-order chi connectivity index (χ0) is 11.3. The Balaban J connectivity index is 2.59. The Morgan fingerprint density at radius 2 is 2.33 bits per heavy atom. The number of pyridine rings is 1. The van der Waals surface area contributed by atoms with E-state index in [9.17, 15) is 0 Å². The molecule has 0 bridgehead atoms. The van der Waals surface area contributed by atoms with Crippen molar-refractivity contribution >= 4 is 11.5 Å². The van der Waals surface area contributed by atoms with Crippen LogP contribution in [0.5, 0.6) is 0 Å². The van der Waals surface area contributed by atoms with Crippen molar-refractivity contribution < 1.29 is 0 Å². The van der Waals surface area contributed by atoms with Gasteiger partial charge in [-0.05, 0) is 18.4 Å².